The molecule has 0 unspecified atom stereocenters. The summed E-state index contributed by atoms with van der Waals surface area (Å²) in [6.45, 7) is 2.82. The lowest BCUT2D eigenvalue weighted by Gasteiger charge is -2.00. The molecule has 0 bridgehead atoms. The van der Waals surface area contributed by atoms with Crippen LogP contribution in [0.25, 0.3) is 0 Å². The van der Waals surface area contributed by atoms with Gasteiger partial charge in [0.15, 0.2) is 5.82 Å². The number of hydrogen-bond acceptors (Lipinski definition) is 2. The number of rotatable bonds is 3. The zero-order valence-corrected chi connectivity index (χ0v) is 6.45. The van der Waals surface area contributed by atoms with Crippen LogP contribution in [-0.4, -0.2) is 15.5 Å². The van der Waals surface area contributed by atoms with E-state index in [1.54, 1.807) is 17.0 Å². The second-order valence-corrected chi connectivity index (χ2v) is 2.31. The number of nitrogens with zero attached hydrogens (tertiary/aromatic N) is 2. The van der Waals surface area contributed by atoms with Crippen LogP contribution in [0.15, 0.2) is 12.4 Å². The fraction of sp³-hybridized carbons (Fsp3) is 0.429. The molecule has 1 amide bonds. The van der Waals surface area contributed by atoms with Crippen molar-refractivity contribution in [2.75, 3.05) is 0 Å². The second kappa shape index (κ2) is 3.18. The van der Waals surface area contributed by atoms with E-state index in [-0.39, 0.29) is 0 Å². The lowest BCUT2D eigenvalue weighted by atomic mass is 10.4. The van der Waals surface area contributed by atoms with Crippen molar-refractivity contribution in [3.05, 3.63) is 18.2 Å². The number of nitrogens with two attached hydrogens (primary N) is 1. The first-order valence-corrected chi connectivity index (χ1v) is 3.56. The summed E-state index contributed by atoms with van der Waals surface area (Å²) < 4.78 is 1.75. The fourth-order valence-electron chi connectivity index (χ4n) is 0.956. The van der Waals surface area contributed by atoms with Gasteiger partial charge in [-0.1, -0.05) is 6.92 Å². The summed E-state index contributed by atoms with van der Waals surface area (Å²) in [6.07, 6.45) is 4.30. The molecule has 0 spiro atoms. The molecule has 0 fully saturated rings. The van der Waals surface area contributed by atoms with Gasteiger partial charge in [-0.3, -0.25) is 4.79 Å². The second-order valence-electron chi connectivity index (χ2n) is 2.31. The number of primary amides is 1. The molecule has 11 heavy (non-hydrogen) atoms. The molecule has 1 aromatic heterocycles. The molecule has 1 aromatic rings. The summed E-state index contributed by atoms with van der Waals surface area (Å²) in [6, 6.07) is 0. The van der Waals surface area contributed by atoms with Gasteiger partial charge in [-0.25, -0.2) is 4.98 Å². The van der Waals surface area contributed by atoms with Gasteiger partial charge in [0.05, 0.1) is 0 Å². The molecule has 0 aliphatic carbocycles. The standard InChI is InChI=1S/C7H11N3O/c1-2-4-10-5-3-9-7(10)6(8)11/h3,5H,2,4H2,1H3,(H2,8,11). The number of aromatic nitrogens is 2. The molecule has 0 radical (unpaired) electrons. The molecule has 2 N–H and O–H groups in total. The zero-order chi connectivity index (χ0) is 8.27. The van der Waals surface area contributed by atoms with Crippen LogP contribution in [0, 0.1) is 0 Å². The summed E-state index contributed by atoms with van der Waals surface area (Å²) in [5, 5.41) is 0. The SMILES string of the molecule is CCCn1ccnc1C(N)=O. The Morgan fingerprint density at radius 2 is 2.55 bits per heavy atom. The van der Waals surface area contributed by atoms with E-state index < -0.39 is 5.91 Å². The Hall–Kier alpha value is -1.32. The van der Waals surface area contributed by atoms with E-state index >= 15 is 0 Å². The summed E-state index contributed by atoms with van der Waals surface area (Å²) in [4.78, 5) is 14.5. The average Bonchev–Trinajstić information content (AvgIpc) is 2.36. The van der Waals surface area contributed by atoms with Gasteiger partial charge in [0.25, 0.3) is 5.91 Å². The number of carbonyl (C=O) groups excluding carboxylic acids is 1. The van der Waals surface area contributed by atoms with Crippen LogP contribution < -0.4 is 5.73 Å². The summed E-state index contributed by atoms with van der Waals surface area (Å²) >= 11 is 0. The Kier molecular flexibility index (Phi) is 2.25. The van der Waals surface area contributed by atoms with E-state index in [4.69, 9.17) is 5.73 Å². The first-order chi connectivity index (χ1) is 5.25. The van der Waals surface area contributed by atoms with Crippen LogP contribution in [-0.2, 0) is 6.54 Å². The van der Waals surface area contributed by atoms with Crippen molar-refractivity contribution in [2.45, 2.75) is 19.9 Å². The first kappa shape index (κ1) is 7.78. The highest BCUT2D eigenvalue weighted by Crippen LogP contribution is 1.97. The number of amides is 1. The largest absolute Gasteiger partial charge is 0.363 e. The van der Waals surface area contributed by atoms with Crippen LogP contribution in [0.3, 0.4) is 0 Å². The third kappa shape index (κ3) is 1.58. The quantitative estimate of drug-likeness (QED) is 0.682. The molecule has 0 aromatic carbocycles. The number of carbonyl (C=O) groups is 1. The van der Waals surface area contributed by atoms with Crippen LogP contribution in [0.1, 0.15) is 24.0 Å². The minimum atomic E-state index is -0.469. The van der Waals surface area contributed by atoms with Gasteiger partial charge in [0, 0.05) is 18.9 Å². The Balaban J connectivity index is 2.87. The number of aryl methyl sites for hydroxylation is 1. The number of imidazole rings is 1. The maximum Gasteiger partial charge on any atom is 0.284 e. The van der Waals surface area contributed by atoms with Gasteiger partial charge < -0.3 is 10.3 Å². The maximum absolute atomic E-state index is 10.7. The normalized spacial score (nSPS) is 9.91. The Labute approximate surface area is 65.0 Å². The van der Waals surface area contributed by atoms with Crippen molar-refractivity contribution >= 4 is 5.91 Å². The van der Waals surface area contributed by atoms with Crippen molar-refractivity contribution in [1.82, 2.24) is 9.55 Å². The smallest absolute Gasteiger partial charge is 0.284 e. The van der Waals surface area contributed by atoms with Gasteiger partial charge in [0.1, 0.15) is 0 Å². The van der Waals surface area contributed by atoms with Gasteiger partial charge in [-0.2, -0.15) is 0 Å². The highest BCUT2D eigenvalue weighted by Gasteiger charge is 2.06. The molecular weight excluding hydrogens is 142 g/mol. The molecule has 1 heterocycles. The molecule has 1 rings (SSSR count). The minimum Gasteiger partial charge on any atom is -0.363 e. The lowest BCUT2D eigenvalue weighted by Crippen LogP contribution is -2.17. The molecule has 0 aliphatic rings. The van der Waals surface area contributed by atoms with Gasteiger partial charge in [0.2, 0.25) is 0 Å². The van der Waals surface area contributed by atoms with E-state index in [1.807, 2.05) is 6.92 Å². The molecule has 4 nitrogen and oxygen atoms in total. The van der Waals surface area contributed by atoms with E-state index in [0.717, 1.165) is 13.0 Å². The number of hydrogen-bond donors (Lipinski definition) is 1. The van der Waals surface area contributed by atoms with Crippen LogP contribution in [0.4, 0.5) is 0 Å². The molecule has 0 atom stereocenters. The third-order valence-corrected chi connectivity index (χ3v) is 1.40. The monoisotopic (exact) mass is 153 g/mol. The summed E-state index contributed by atoms with van der Waals surface area (Å²) in [5.41, 5.74) is 5.07. The van der Waals surface area contributed by atoms with Gasteiger partial charge in [-0.05, 0) is 6.42 Å². The maximum atomic E-state index is 10.7. The Morgan fingerprint density at radius 3 is 3.09 bits per heavy atom. The molecule has 0 aliphatic heterocycles. The van der Waals surface area contributed by atoms with Crippen molar-refractivity contribution < 1.29 is 4.79 Å². The predicted octanol–water partition coefficient (Wildman–Crippen LogP) is 0.392. The molecule has 0 saturated heterocycles. The van der Waals surface area contributed by atoms with Crippen molar-refractivity contribution in [3.8, 4) is 0 Å². The van der Waals surface area contributed by atoms with Crippen molar-refractivity contribution in [3.63, 3.8) is 0 Å². The highest BCUT2D eigenvalue weighted by molar-refractivity contribution is 5.89. The Morgan fingerprint density at radius 1 is 1.82 bits per heavy atom. The molecule has 60 valence electrons. The van der Waals surface area contributed by atoms with Crippen LogP contribution in [0.5, 0.6) is 0 Å². The average molecular weight is 153 g/mol. The van der Waals surface area contributed by atoms with Crippen LogP contribution in [0.2, 0.25) is 0 Å². The van der Waals surface area contributed by atoms with E-state index in [9.17, 15) is 4.79 Å². The first-order valence-electron chi connectivity index (χ1n) is 3.56. The van der Waals surface area contributed by atoms with E-state index in [2.05, 4.69) is 4.98 Å². The van der Waals surface area contributed by atoms with Crippen molar-refractivity contribution in [2.24, 2.45) is 5.73 Å². The third-order valence-electron chi connectivity index (χ3n) is 1.40. The molecular formula is C7H11N3O. The fourth-order valence-corrected chi connectivity index (χ4v) is 0.956. The van der Waals surface area contributed by atoms with Crippen molar-refractivity contribution in [1.29, 1.82) is 0 Å². The van der Waals surface area contributed by atoms with Gasteiger partial charge >= 0.3 is 0 Å². The highest BCUT2D eigenvalue weighted by atomic mass is 16.1. The van der Waals surface area contributed by atoms with Gasteiger partial charge in [-0.15, -0.1) is 0 Å². The van der Waals surface area contributed by atoms with E-state index in [1.165, 1.54) is 0 Å². The predicted molar refractivity (Wildman–Crippen MR) is 41.0 cm³/mol. The van der Waals surface area contributed by atoms with E-state index in [0.29, 0.717) is 5.82 Å². The molecule has 4 heteroatoms. The van der Waals surface area contributed by atoms with Crippen LogP contribution >= 0.6 is 0 Å². The zero-order valence-electron chi connectivity index (χ0n) is 6.45. The molecule has 0 saturated carbocycles. The summed E-state index contributed by atoms with van der Waals surface area (Å²) in [7, 11) is 0. The Bertz CT molecular complexity index is 254. The summed E-state index contributed by atoms with van der Waals surface area (Å²) in [5.74, 6) is -0.129. The minimum absolute atomic E-state index is 0.340. The lowest BCUT2D eigenvalue weighted by molar-refractivity contribution is 0.0986. The topological polar surface area (TPSA) is 60.9 Å².